The van der Waals surface area contributed by atoms with Crippen LogP contribution in [0.1, 0.15) is 0 Å². The van der Waals surface area contributed by atoms with Crippen molar-refractivity contribution in [3.05, 3.63) is 28.0 Å². The van der Waals surface area contributed by atoms with Crippen LogP contribution in [0.5, 0.6) is 0 Å². The van der Waals surface area contributed by atoms with Gasteiger partial charge < -0.3 is 5.11 Å². The van der Waals surface area contributed by atoms with E-state index in [9.17, 15) is 17.6 Å². The summed E-state index contributed by atoms with van der Waals surface area (Å²) >= 11 is 10.9. The van der Waals surface area contributed by atoms with E-state index in [-0.39, 0.29) is 5.02 Å². The van der Waals surface area contributed by atoms with Gasteiger partial charge in [-0.15, -0.1) is 0 Å². The van der Waals surface area contributed by atoms with E-state index in [1.807, 2.05) is 0 Å². The van der Waals surface area contributed by atoms with Gasteiger partial charge in [-0.3, -0.25) is 4.84 Å². The zero-order valence-electron chi connectivity index (χ0n) is 8.48. The predicted molar refractivity (Wildman–Crippen MR) is 60.3 cm³/mol. The lowest BCUT2D eigenvalue weighted by molar-refractivity contribution is -0.143. The standard InChI is InChI=1S/C8H6Cl2FNO5S/c9-4-1-2-5(7(10)8(4)11)18(15,16)12-17-3-6(13)14/h1-2,12H,3H2,(H,13,14). The Morgan fingerprint density at radius 1 is 1.44 bits per heavy atom. The first-order valence-electron chi connectivity index (χ1n) is 4.24. The van der Waals surface area contributed by atoms with Gasteiger partial charge in [0.1, 0.15) is 4.90 Å². The van der Waals surface area contributed by atoms with Crippen molar-refractivity contribution in [2.24, 2.45) is 0 Å². The first-order valence-corrected chi connectivity index (χ1v) is 6.48. The number of carboxylic acid groups (broad SMARTS) is 1. The molecule has 0 unspecified atom stereocenters. The quantitative estimate of drug-likeness (QED) is 0.633. The Morgan fingerprint density at radius 3 is 2.61 bits per heavy atom. The highest BCUT2D eigenvalue weighted by Gasteiger charge is 2.22. The first kappa shape index (κ1) is 15.1. The minimum atomic E-state index is -4.29. The van der Waals surface area contributed by atoms with E-state index in [1.54, 1.807) is 0 Å². The highest BCUT2D eigenvalue weighted by atomic mass is 35.5. The molecule has 100 valence electrons. The van der Waals surface area contributed by atoms with Gasteiger partial charge in [0.2, 0.25) is 0 Å². The molecule has 0 aromatic heterocycles. The van der Waals surface area contributed by atoms with Gasteiger partial charge in [0.05, 0.1) is 10.0 Å². The highest BCUT2D eigenvalue weighted by Crippen LogP contribution is 2.29. The molecule has 0 aliphatic heterocycles. The highest BCUT2D eigenvalue weighted by molar-refractivity contribution is 7.89. The van der Waals surface area contributed by atoms with Crippen LogP contribution in [-0.4, -0.2) is 26.1 Å². The van der Waals surface area contributed by atoms with Crippen molar-refractivity contribution in [2.45, 2.75) is 4.90 Å². The zero-order chi connectivity index (χ0) is 13.9. The van der Waals surface area contributed by atoms with E-state index in [1.165, 1.54) is 4.89 Å². The van der Waals surface area contributed by atoms with Crippen molar-refractivity contribution in [2.75, 3.05) is 6.61 Å². The number of sulfonamides is 1. The first-order chi connectivity index (χ1) is 8.25. The molecule has 0 saturated heterocycles. The second-order valence-electron chi connectivity index (χ2n) is 2.94. The molecule has 0 aliphatic rings. The maximum atomic E-state index is 13.3. The van der Waals surface area contributed by atoms with Crippen molar-refractivity contribution >= 4 is 39.2 Å². The average molecular weight is 318 g/mol. The van der Waals surface area contributed by atoms with Crippen LogP contribution in [0.25, 0.3) is 0 Å². The SMILES string of the molecule is O=C(O)CONS(=O)(=O)c1ccc(Cl)c(F)c1Cl. The fraction of sp³-hybridized carbons (Fsp3) is 0.125. The third-order valence-electron chi connectivity index (χ3n) is 1.65. The van der Waals surface area contributed by atoms with Gasteiger partial charge in [-0.1, -0.05) is 28.1 Å². The molecule has 1 rings (SSSR count). The molecule has 0 fully saturated rings. The zero-order valence-corrected chi connectivity index (χ0v) is 10.8. The summed E-state index contributed by atoms with van der Waals surface area (Å²) in [7, 11) is -4.29. The molecular formula is C8H6Cl2FNO5S. The maximum Gasteiger partial charge on any atom is 0.331 e. The van der Waals surface area contributed by atoms with Gasteiger partial charge in [0.15, 0.2) is 12.4 Å². The summed E-state index contributed by atoms with van der Waals surface area (Å²) < 4.78 is 36.4. The van der Waals surface area contributed by atoms with Gasteiger partial charge in [-0.25, -0.2) is 17.6 Å². The number of benzene rings is 1. The van der Waals surface area contributed by atoms with Crippen molar-refractivity contribution in [3.8, 4) is 0 Å². The van der Waals surface area contributed by atoms with Crippen LogP contribution < -0.4 is 4.89 Å². The Hall–Kier alpha value is -0.930. The number of nitrogens with one attached hydrogen (secondary N) is 1. The molecule has 1 aromatic rings. The Kier molecular flexibility index (Phi) is 4.88. The lowest BCUT2D eigenvalue weighted by Crippen LogP contribution is -2.27. The van der Waals surface area contributed by atoms with Gasteiger partial charge in [-0.2, -0.15) is 0 Å². The van der Waals surface area contributed by atoms with Crippen molar-refractivity contribution in [1.29, 1.82) is 0 Å². The fourth-order valence-corrected chi connectivity index (χ4v) is 2.48. The molecule has 0 heterocycles. The Morgan fingerprint density at radius 2 is 2.06 bits per heavy atom. The van der Waals surface area contributed by atoms with Gasteiger partial charge in [-0.05, 0) is 12.1 Å². The minimum absolute atomic E-state index is 0.342. The summed E-state index contributed by atoms with van der Waals surface area (Å²) in [6.45, 7) is -0.896. The second kappa shape index (κ2) is 5.81. The molecule has 0 aliphatic carbocycles. The third kappa shape index (κ3) is 3.53. The largest absolute Gasteiger partial charge is 0.479 e. The van der Waals surface area contributed by atoms with E-state index in [0.717, 1.165) is 12.1 Å². The van der Waals surface area contributed by atoms with Gasteiger partial charge in [0, 0.05) is 0 Å². The van der Waals surface area contributed by atoms with E-state index >= 15 is 0 Å². The van der Waals surface area contributed by atoms with E-state index < -0.39 is 38.3 Å². The minimum Gasteiger partial charge on any atom is -0.479 e. The molecule has 0 amide bonds. The Bertz CT molecular complexity index is 577. The number of halogens is 3. The molecule has 0 atom stereocenters. The fourth-order valence-electron chi connectivity index (χ4n) is 0.929. The van der Waals surface area contributed by atoms with Crippen LogP contribution in [0, 0.1) is 5.82 Å². The van der Waals surface area contributed by atoms with Gasteiger partial charge >= 0.3 is 5.97 Å². The summed E-state index contributed by atoms with van der Waals surface area (Å²) in [5.74, 6) is -2.48. The van der Waals surface area contributed by atoms with Crippen LogP contribution in [0.15, 0.2) is 17.0 Å². The van der Waals surface area contributed by atoms with E-state index in [0.29, 0.717) is 0 Å². The van der Waals surface area contributed by atoms with Crippen LogP contribution >= 0.6 is 23.2 Å². The topological polar surface area (TPSA) is 92.7 Å². The summed E-state index contributed by atoms with van der Waals surface area (Å²) in [5.41, 5.74) is 0. The van der Waals surface area contributed by atoms with Crippen LogP contribution in [0.4, 0.5) is 4.39 Å². The van der Waals surface area contributed by atoms with E-state index in [2.05, 4.69) is 4.84 Å². The number of carboxylic acids is 1. The molecule has 1 aromatic carbocycles. The van der Waals surface area contributed by atoms with Crippen molar-refractivity contribution in [1.82, 2.24) is 4.89 Å². The van der Waals surface area contributed by atoms with Crippen molar-refractivity contribution < 1.29 is 27.5 Å². The molecule has 2 N–H and O–H groups in total. The molecule has 0 saturated carbocycles. The maximum absolute atomic E-state index is 13.3. The lowest BCUT2D eigenvalue weighted by atomic mass is 10.3. The lowest BCUT2D eigenvalue weighted by Gasteiger charge is -2.08. The number of carbonyl (C=O) groups is 1. The number of rotatable bonds is 5. The average Bonchev–Trinajstić information content (AvgIpc) is 2.24. The van der Waals surface area contributed by atoms with Gasteiger partial charge in [0.25, 0.3) is 10.0 Å². The number of hydrogen-bond donors (Lipinski definition) is 2. The summed E-state index contributed by atoms with van der Waals surface area (Å²) in [6, 6.07) is 1.95. The number of aliphatic carboxylic acids is 1. The predicted octanol–water partition coefficient (Wildman–Crippen LogP) is 1.43. The van der Waals surface area contributed by atoms with Crippen molar-refractivity contribution in [3.63, 3.8) is 0 Å². The smallest absolute Gasteiger partial charge is 0.331 e. The molecule has 10 heteroatoms. The number of hydrogen-bond acceptors (Lipinski definition) is 4. The summed E-state index contributed by atoms with van der Waals surface area (Å²) in [5, 5.41) is 7.20. The van der Waals surface area contributed by atoms with Crippen LogP contribution in [-0.2, 0) is 19.7 Å². The molecule has 18 heavy (non-hydrogen) atoms. The Balaban J connectivity index is 2.99. The third-order valence-corrected chi connectivity index (χ3v) is 3.68. The molecule has 0 bridgehead atoms. The molecular weight excluding hydrogens is 312 g/mol. The monoisotopic (exact) mass is 317 g/mol. The summed E-state index contributed by atoms with van der Waals surface area (Å²) in [6.07, 6.45) is 0. The normalized spacial score (nSPS) is 11.5. The second-order valence-corrected chi connectivity index (χ2v) is 5.34. The summed E-state index contributed by atoms with van der Waals surface area (Å²) in [4.78, 5) is 15.2. The van der Waals surface area contributed by atoms with Crippen LogP contribution in [0.2, 0.25) is 10.0 Å². The molecule has 0 spiro atoms. The van der Waals surface area contributed by atoms with Crippen LogP contribution in [0.3, 0.4) is 0 Å². The Labute approximate surface area is 111 Å². The molecule has 0 radical (unpaired) electrons. The van der Waals surface area contributed by atoms with E-state index in [4.69, 9.17) is 28.3 Å². The molecule has 6 nitrogen and oxygen atoms in total.